The van der Waals surface area contributed by atoms with E-state index in [0.29, 0.717) is 0 Å². The minimum absolute atomic E-state index is 0.0191. The molecule has 3 aromatic heterocycles. The molecule has 4 atom stereocenters. The normalized spacial score (nSPS) is 23.3. The van der Waals surface area contributed by atoms with Crippen molar-refractivity contribution in [2.75, 3.05) is 14.7 Å². The molecule has 8 aromatic carbocycles. The van der Waals surface area contributed by atoms with E-state index >= 15 is 0 Å². The molecule has 0 bridgehead atoms. The van der Waals surface area contributed by atoms with Gasteiger partial charge in [-0.15, -0.1) is 11.3 Å². The van der Waals surface area contributed by atoms with Crippen molar-refractivity contribution in [1.29, 1.82) is 0 Å². The van der Waals surface area contributed by atoms with Crippen LogP contribution in [0.25, 0.3) is 58.8 Å². The minimum atomic E-state index is -0.184. The smallest absolute Gasteiger partial charge is 0.252 e. The number of hydrogen-bond acceptors (Lipinski definition) is 5. The molecule has 426 valence electrons. The van der Waals surface area contributed by atoms with Crippen LogP contribution in [0.15, 0.2) is 150 Å². The topological polar surface area (TPSA) is 27.8 Å². The van der Waals surface area contributed by atoms with Crippen molar-refractivity contribution >= 4 is 127 Å². The van der Waals surface area contributed by atoms with E-state index < -0.39 is 0 Å². The number of aromatic nitrogens is 1. The predicted molar refractivity (Wildman–Crippen MR) is 364 cm³/mol. The van der Waals surface area contributed by atoms with Gasteiger partial charge >= 0.3 is 0 Å². The highest BCUT2D eigenvalue weighted by molar-refractivity contribution is 7.26. The molecule has 7 heteroatoms. The average molecular weight is 1130 g/mol. The summed E-state index contributed by atoms with van der Waals surface area (Å²) in [5, 5.41) is 4.98. The number of hydrogen-bond donors (Lipinski definition) is 0. The van der Waals surface area contributed by atoms with Crippen molar-refractivity contribution < 1.29 is 4.42 Å². The Hall–Kier alpha value is -7.22. The zero-order valence-electron chi connectivity index (χ0n) is 52.2. The van der Waals surface area contributed by atoms with Gasteiger partial charge in [0.15, 0.2) is 5.58 Å². The van der Waals surface area contributed by atoms with Crippen LogP contribution in [0.1, 0.15) is 169 Å². The molecule has 6 aliphatic rings. The van der Waals surface area contributed by atoms with E-state index in [2.05, 4.69) is 255 Å². The lowest BCUT2D eigenvalue weighted by molar-refractivity contribution is 0.195. The molecule has 0 saturated heterocycles. The second kappa shape index (κ2) is 16.8. The van der Waals surface area contributed by atoms with Crippen LogP contribution in [0.2, 0.25) is 0 Å². The summed E-state index contributed by atoms with van der Waals surface area (Å²) in [6.45, 7) is 31.8. The summed E-state index contributed by atoms with van der Waals surface area (Å²) in [6, 6.07) is 58.2. The third-order valence-corrected chi connectivity index (χ3v) is 24.3. The SMILES string of the molecule is CC(C)(C)c1ccc2c(c1)C1(C)CCCCC1(C)N2c1ccc2c(c1)N(c1cccc3c1sc1ccccc13)c1cc(N3c4ccc(C(C)(C)C)cc4C4(C)CCCCC34C)cc3c1B2c1cc(C(C)(C)C)cc2c4oc5ccccc5c4n-3c12. The van der Waals surface area contributed by atoms with Gasteiger partial charge < -0.3 is 23.7 Å². The van der Waals surface area contributed by atoms with E-state index in [-0.39, 0.29) is 44.9 Å². The van der Waals surface area contributed by atoms with Crippen LogP contribution >= 0.6 is 11.3 Å². The van der Waals surface area contributed by atoms with Crippen LogP contribution in [0.5, 0.6) is 0 Å². The first-order valence-corrected chi connectivity index (χ1v) is 32.8. The Kier molecular flexibility index (Phi) is 10.3. The Morgan fingerprint density at radius 1 is 0.447 bits per heavy atom. The third-order valence-electron chi connectivity index (χ3n) is 23.1. The first kappa shape index (κ1) is 52.1. The summed E-state index contributed by atoms with van der Waals surface area (Å²) in [5.41, 5.74) is 25.4. The number of rotatable bonds is 3. The molecule has 2 saturated carbocycles. The van der Waals surface area contributed by atoms with Crippen molar-refractivity contribution in [2.45, 2.75) is 180 Å². The number of fused-ring (bicyclic) bond motifs is 18. The summed E-state index contributed by atoms with van der Waals surface area (Å²) in [4.78, 5) is 8.44. The molecule has 4 unspecified atom stereocenters. The molecule has 11 aromatic rings. The Balaban J connectivity index is 1.02. The second-order valence-corrected chi connectivity index (χ2v) is 31.8. The first-order valence-electron chi connectivity index (χ1n) is 32.0. The minimum Gasteiger partial charge on any atom is -0.454 e. The molecule has 85 heavy (non-hydrogen) atoms. The fraction of sp³-hybridized carbons (Fsp3) is 0.359. The Morgan fingerprint density at radius 2 is 1.02 bits per heavy atom. The van der Waals surface area contributed by atoms with Crippen LogP contribution in [0, 0.1) is 0 Å². The quantitative estimate of drug-likeness (QED) is 0.165. The second-order valence-electron chi connectivity index (χ2n) is 30.7. The van der Waals surface area contributed by atoms with Crippen molar-refractivity contribution in [3.63, 3.8) is 0 Å². The van der Waals surface area contributed by atoms with Gasteiger partial charge in [0.25, 0.3) is 6.71 Å². The molecular formula is C78H79BN4OS. The lowest BCUT2D eigenvalue weighted by Crippen LogP contribution is -2.61. The number of nitrogens with zero attached hydrogens (tertiary/aromatic N) is 4. The fourth-order valence-corrected chi connectivity index (χ4v) is 19.2. The van der Waals surface area contributed by atoms with Crippen molar-refractivity contribution in [2.24, 2.45) is 0 Å². The number of furan rings is 1. The summed E-state index contributed by atoms with van der Waals surface area (Å²) in [6.07, 6.45) is 9.51. The summed E-state index contributed by atoms with van der Waals surface area (Å²) in [7, 11) is 0. The highest BCUT2D eigenvalue weighted by Crippen LogP contribution is 2.64. The first-order chi connectivity index (χ1) is 40.5. The zero-order valence-corrected chi connectivity index (χ0v) is 53.0. The summed E-state index contributed by atoms with van der Waals surface area (Å²) in [5.74, 6) is 0. The van der Waals surface area contributed by atoms with E-state index in [9.17, 15) is 0 Å². The molecule has 2 fully saturated rings. The molecule has 0 amide bonds. The highest BCUT2D eigenvalue weighted by atomic mass is 32.1. The van der Waals surface area contributed by atoms with Gasteiger partial charge in [0.05, 0.1) is 27.0 Å². The van der Waals surface area contributed by atoms with Crippen molar-refractivity contribution in [3.8, 4) is 5.69 Å². The van der Waals surface area contributed by atoms with E-state index in [1.54, 1.807) is 0 Å². The van der Waals surface area contributed by atoms with Gasteiger partial charge in [-0.1, -0.05) is 181 Å². The largest absolute Gasteiger partial charge is 0.454 e. The standard InChI is InChI=1S/C78H79BN4OS/c1-72(2,3)46-29-33-59-55(40-46)75(10)35-18-20-37-77(75,12)82(59)49-31-32-57-62(43-49)80(61-26-22-25-52-51-23-15-17-28-66(51)85-71(52)61)63-44-50(83-60-34-30-47(73(4,5)6)41-56(60)76(11)36-19-21-38-78(76,83)13)45-64-67(63)79(57)58-42-48(74(7,8)9)39-54-68(58)81(64)69-53-24-14-16-27-65(53)84-70(54)69/h14-17,22-34,39-45H,18-21,35-38H2,1-13H3. The van der Waals surface area contributed by atoms with Crippen molar-refractivity contribution in [1.82, 2.24) is 4.57 Å². The molecule has 0 N–H and O–H groups in total. The van der Waals surface area contributed by atoms with Gasteiger partial charge in [0.1, 0.15) is 11.1 Å². The maximum Gasteiger partial charge on any atom is 0.252 e. The van der Waals surface area contributed by atoms with E-state index in [1.165, 1.54) is 153 Å². The van der Waals surface area contributed by atoms with Gasteiger partial charge in [-0.3, -0.25) is 0 Å². The molecule has 2 aliphatic carbocycles. The van der Waals surface area contributed by atoms with Crippen molar-refractivity contribution in [3.05, 3.63) is 173 Å². The van der Waals surface area contributed by atoms with Crippen LogP contribution in [-0.2, 0) is 27.1 Å². The molecule has 0 radical (unpaired) electrons. The van der Waals surface area contributed by atoms with Gasteiger partial charge in [0, 0.05) is 76.9 Å². The molecule has 7 heterocycles. The number of para-hydroxylation sites is 1. The average Bonchev–Trinajstić information content (AvgIpc) is 1.64. The van der Waals surface area contributed by atoms with Gasteiger partial charge in [-0.05, 0) is 167 Å². The van der Waals surface area contributed by atoms with Gasteiger partial charge in [-0.25, -0.2) is 0 Å². The maximum atomic E-state index is 7.22. The van der Waals surface area contributed by atoms with Crippen LogP contribution < -0.4 is 31.1 Å². The molecule has 17 rings (SSSR count). The fourth-order valence-electron chi connectivity index (χ4n) is 18.0. The van der Waals surface area contributed by atoms with Gasteiger partial charge in [0.2, 0.25) is 0 Å². The van der Waals surface area contributed by atoms with Crippen LogP contribution in [0.4, 0.5) is 39.8 Å². The van der Waals surface area contributed by atoms with Crippen LogP contribution in [0.3, 0.4) is 0 Å². The Bertz CT molecular complexity index is 4740. The molecule has 4 aliphatic heterocycles. The molecule has 0 spiro atoms. The number of thiophene rings is 1. The van der Waals surface area contributed by atoms with E-state index in [1.807, 2.05) is 11.3 Å². The van der Waals surface area contributed by atoms with E-state index in [4.69, 9.17) is 4.42 Å². The molecule has 5 nitrogen and oxygen atoms in total. The number of benzene rings is 8. The lowest BCUT2D eigenvalue weighted by atomic mass is 9.33. The monoisotopic (exact) mass is 1130 g/mol. The Morgan fingerprint density at radius 3 is 1.68 bits per heavy atom. The third kappa shape index (κ3) is 6.67. The van der Waals surface area contributed by atoms with Gasteiger partial charge in [-0.2, -0.15) is 0 Å². The summed E-state index contributed by atoms with van der Waals surface area (Å²) >= 11 is 1.94. The predicted octanol–water partition coefficient (Wildman–Crippen LogP) is 19.9. The van der Waals surface area contributed by atoms with E-state index in [0.717, 1.165) is 41.3 Å². The zero-order chi connectivity index (χ0) is 58.4. The van der Waals surface area contributed by atoms with Crippen LogP contribution in [-0.4, -0.2) is 22.4 Å². The molecular weight excluding hydrogens is 1050 g/mol. The maximum absolute atomic E-state index is 7.22. The Labute approximate surface area is 506 Å². The lowest BCUT2D eigenvalue weighted by Gasteiger charge is -2.51. The number of anilines is 7. The summed E-state index contributed by atoms with van der Waals surface area (Å²) < 4.78 is 12.5. The highest BCUT2D eigenvalue weighted by Gasteiger charge is 2.60.